The lowest BCUT2D eigenvalue weighted by atomic mass is 10.1. The summed E-state index contributed by atoms with van der Waals surface area (Å²) in [5.74, 6) is 1.18. The van der Waals surface area contributed by atoms with E-state index < -0.39 is 0 Å². The number of hydrogen-bond acceptors (Lipinski definition) is 0. The average Bonchev–Trinajstić information content (AvgIpc) is 2.79. The molecular weight excluding hydrogens is 120 g/mol. The predicted molar refractivity (Wildman–Crippen MR) is 43.9 cm³/mol. The molecule has 0 N–H and O–H groups in total. The van der Waals surface area contributed by atoms with E-state index in [1.54, 1.807) is 25.7 Å². The van der Waals surface area contributed by atoms with Crippen LogP contribution in [0.15, 0.2) is 0 Å². The van der Waals surface area contributed by atoms with Crippen molar-refractivity contribution in [2.24, 2.45) is 11.3 Å². The second-order valence-electron chi connectivity index (χ2n) is 4.26. The molecule has 58 valence electrons. The van der Waals surface area contributed by atoms with Crippen LogP contribution in [0.5, 0.6) is 0 Å². The molecule has 0 heterocycles. The fraction of sp³-hybridized carbons (Fsp3) is 1.00. The molecule has 0 bridgehead atoms. The molecule has 0 nitrogen and oxygen atoms in total. The molecule has 1 spiro atoms. The van der Waals surface area contributed by atoms with Crippen molar-refractivity contribution in [2.45, 2.75) is 51.9 Å². The minimum atomic E-state index is 0.966. The van der Waals surface area contributed by atoms with Gasteiger partial charge in [-0.3, -0.25) is 0 Å². The zero-order valence-electron chi connectivity index (χ0n) is 7.03. The van der Waals surface area contributed by atoms with Crippen LogP contribution in [-0.2, 0) is 0 Å². The molecular formula is C10H18. The first-order valence-corrected chi connectivity index (χ1v) is 4.87. The van der Waals surface area contributed by atoms with Gasteiger partial charge in [-0.25, -0.2) is 0 Å². The van der Waals surface area contributed by atoms with Crippen LogP contribution in [0, 0.1) is 11.3 Å². The van der Waals surface area contributed by atoms with Crippen molar-refractivity contribution in [3.63, 3.8) is 0 Å². The van der Waals surface area contributed by atoms with Gasteiger partial charge in [0, 0.05) is 0 Å². The minimum Gasteiger partial charge on any atom is -0.0654 e. The Kier molecular flexibility index (Phi) is 1.51. The molecule has 0 radical (unpaired) electrons. The minimum absolute atomic E-state index is 0.966. The Bertz CT molecular complexity index is 122. The van der Waals surface area contributed by atoms with Crippen LogP contribution in [0.3, 0.4) is 0 Å². The summed E-state index contributed by atoms with van der Waals surface area (Å²) >= 11 is 0. The molecule has 0 saturated heterocycles. The lowest BCUT2D eigenvalue weighted by Crippen LogP contribution is -1.81. The first kappa shape index (κ1) is 6.69. The summed E-state index contributed by atoms with van der Waals surface area (Å²) in [5, 5.41) is 0. The molecule has 10 heavy (non-hydrogen) atoms. The molecule has 0 aromatic carbocycles. The number of rotatable bonds is 4. The molecule has 2 saturated carbocycles. The van der Waals surface area contributed by atoms with Gasteiger partial charge in [-0.05, 0) is 37.0 Å². The van der Waals surface area contributed by atoms with Gasteiger partial charge in [-0.15, -0.1) is 0 Å². The lowest BCUT2D eigenvalue weighted by molar-refractivity contribution is 0.578. The molecule has 2 aliphatic carbocycles. The van der Waals surface area contributed by atoms with Crippen LogP contribution < -0.4 is 0 Å². The first-order valence-electron chi connectivity index (χ1n) is 4.87. The molecule has 2 fully saturated rings. The van der Waals surface area contributed by atoms with Crippen molar-refractivity contribution in [1.82, 2.24) is 0 Å². The van der Waals surface area contributed by atoms with E-state index >= 15 is 0 Å². The monoisotopic (exact) mass is 138 g/mol. The summed E-state index contributed by atoms with van der Waals surface area (Å²) < 4.78 is 0. The van der Waals surface area contributed by atoms with Crippen molar-refractivity contribution < 1.29 is 0 Å². The Morgan fingerprint density at radius 2 is 2.10 bits per heavy atom. The second-order valence-corrected chi connectivity index (χ2v) is 4.26. The Labute approximate surface area is 64.0 Å². The SMILES string of the molecule is CCCCCC1CC12CC2. The van der Waals surface area contributed by atoms with Crippen molar-refractivity contribution in [1.29, 1.82) is 0 Å². The summed E-state index contributed by atoms with van der Waals surface area (Å²) in [6.45, 7) is 2.29. The topological polar surface area (TPSA) is 0 Å². The third-order valence-corrected chi connectivity index (χ3v) is 3.41. The van der Waals surface area contributed by atoms with E-state index in [0.29, 0.717) is 0 Å². The van der Waals surface area contributed by atoms with E-state index in [0.717, 1.165) is 5.41 Å². The normalized spacial score (nSPS) is 32.7. The quantitative estimate of drug-likeness (QED) is 0.522. The molecule has 0 amide bonds. The average molecular weight is 138 g/mol. The molecule has 0 heteroatoms. The van der Waals surface area contributed by atoms with E-state index in [2.05, 4.69) is 6.92 Å². The van der Waals surface area contributed by atoms with Gasteiger partial charge in [0.15, 0.2) is 0 Å². The molecule has 1 unspecified atom stereocenters. The van der Waals surface area contributed by atoms with Crippen molar-refractivity contribution in [2.75, 3.05) is 0 Å². The fourth-order valence-electron chi connectivity index (χ4n) is 2.25. The summed E-state index contributed by atoms with van der Waals surface area (Å²) in [6.07, 6.45) is 10.6. The number of hydrogen-bond donors (Lipinski definition) is 0. The molecule has 2 rings (SSSR count). The maximum absolute atomic E-state index is 2.29. The van der Waals surface area contributed by atoms with Gasteiger partial charge in [0.05, 0.1) is 0 Å². The summed E-state index contributed by atoms with van der Waals surface area (Å²) in [4.78, 5) is 0. The van der Waals surface area contributed by atoms with Gasteiger partial charge in [-0.2, -0.15) is 0 Å². The third-order valence-electron chi connectivity index (χ3n) is 3.41. The maximum Gasteiger partial charge on any atom is -0.0266 e. The van der Waals surface area contributed by atoms with Gasteiger partial charge in [0.1, 0.15) is 0 Å². The molecule has 0 aliphatic heterocycles. The van der Waals surface area contributed by atoms with Crippen LogP contribution in [0.1, 0.15) is 51.9 Å². The van der Waals surface area contributed by atoms with Crippen LogP contribution >= 0.6 is 0 Å². The van der Waals surface area contributed by atoms with Crippen LogP contribution in [-0.4, -0.2) is 0 Å². The predicted octanol–water partition coefficient (Wildman–Crippen LogP) is 3.37. The summed E-state index contributed by atoms with van der Waals surface area (Å²) in [7, 11) is 0. The zero-order valence-corrected chi connectivity index (χ0v) is 7.03. The van der Waals surface area contributed by atoms with Gasteiger partial charge < -0.3 is 0 Å². The highest BCUT2D eigenvalue weighted by atomic mass is 14.7. The molecule has 2 aliphatic rings. The Balaban J connectivity index is 1.57. The van der Waals surface area contributed by atoms with Crippen molar-refractivity contribution in [3.05, 3.63) is 0 Å². The summed E-state index contributed by atoms with van der Waals surface area (Å²) in [5.41, 5.74) is 0.966. The standard InChI is InChI=1S/C10H18/c1-2-3-4-5-9-8-10(9)6-7-10/h9H,2-8H2,1H3. The number of unbranched alkanes of at least 4 members (excludes halogenated alkanes) is 2. The highest BCUT2D eigenvalue weighted by molar-refractivity contribution is 5.11. The Morgan fingerprint density at radius 1 is 1.30 bits per heavy atom. The van der Waals surface area contributed by atoms with E-state index in [-0.39, 0.29) is 0 Å². The largest absolute Gasteiger partial charge is 0.0654 e. The van der Waals surface area contributed by atoms with Gasteiger partial charge >= 0.3 is 0 Å². The van der Waals surface area contributed by atoms with E-state index in [1.165, 1.54) is 25.2 Å². The first-order chi connectivity index (χ1) is 4.87. The fourth-order valence-corrected chi connectivity index (χ4v) is 2.25. The highest BCUT2D eigenvalue weighted by Gasteiger charge is 2.61. The molecule has 0 aromatic heterocycles. The zero-order chi connectivity index (χ0) is 7.03. The van der Waals surface area contributed by atoms with Crippen LogP contribution in [0.2, 0.25) is 0 Å². The Hall–Kier alpha value is 0. The van der Waals surface area contributed by atoms with Crippen LogP contribution in [0.25, 0.3) is 0 Å². The maximum atomic E-state index is 2.29. The second kappa shape index (κ2) is 2.25. The summed E-state index contributed by atoms with van der Waals surface area (Å²) in [6, 6.07) is 0. The van der Waals surface area contributed by atoms with Gasteiger partial charge in [-0.1, -0.05) is 26.2 Å². The van der Waals surface area contributed by atoms with Gasteiger partial charge in [0.25, 0.3) is 0 Å². The van der Waals surface area contributed by atoms with Crippen molar-refractivity contribution in [3.8, 4) is 0 Å². The smallest absolute Gasteiger partial charge is 0.0266 e. The lowest BCUT2D eigenvalue weighted by Gasteiger charge is -1.95. The molecule has 1 atom stereocenters. The van der Waals surface area contributed by atoms with Crippen LogP contribution in [0.4, 0.5) is 0 Å². The molecule has 0 aromatic rings. The van der Waals surface area contributed by atoms with E-state index in [9.17, 15) is 0 Å². The van der Waals surface area contributed by atoms with Gasteiger partial charge in [0.2, 0.25) is 0 Å². The third kappa shape index (κ3) is 1.09. The van der Waals surface area contributed by atoms with Crippen molar-refractivity contribution >= 4 is 0 Å². The van der Waals surface area contributed by atoms with E-state index in [4.69, 9.17) is 0 Å². The Morgan fingerprint density at radius 3 is 2.60 bits per heavy atom. The highest BCUT2D eigenvalue weighted by Crippen LogP contribution is 2.71. The van der Waals surface area contributed by atoms with E-state index in [1.807, 2.05) is 0 Å².